The molecule has 1 aliphatic rings. The van der Waals surface area contributed by atoms with E-state index < -0.39 is 0 Å². The Morgan fingerprint density at radius 1 is 1.40 bits per heavy atom. The molecular weight excluding hydrogens is 312 g/mol. The van der Waals surface area contributed by atoms with Crippen molar-refractivity contribution in [3.63, 3.8) is 0 Å². The highest BCUT2D eigenvalue weighted by Crippen LogP contribution is 2.37. The number of nitrogens with one attached hydrogen (secondary N) is 1. The number of fused-ring (bicyclic) bond motifs is 1. The summed E-state index contributed by atoms with van der Waals surface area (Å²) in [6.45, 7) is 8.13. The average Bonchev–Trinajstić information content (AvgIpc) is 2.81. The molecule has 1 heterocycles. The Labute approximate surface area is 150 Å². The number of imidazole rings is 1. The van der Waals surface area contributed by atoms with Crippen LogP contribution in [0.25, 0.3) is 11.0 Å². The third-order valence-electron chi connectivity index (χ3n) is 5.19. The summed E-state index contributed by atoms with van der Waals surface area (Å²) in [4.78, 5) is 17.2. The zero-order valence-corrected chi connectivity index (χ0v) is 14.8. The number of nitriles is 1. The van der Waals surface area contributed by atoms with Gasteiger partial charge in [-0.15, -0.1) is 0 Å². The van der Waals surface area contributed by atoms with Gasteiger partial charge in [-0.2, -0.15) is 5.26 Å². The van der Waals surface area contributed by atoms with E-state index in [1.54, 1.807) is 6.07 Å². The molecule has 5 nitrogen and oxygen atoms in total. The molecule has 1 saturated carbocycles. The summed E-state index contributed by atoms with van der Waals surface area (Å²) in [5, 5.41) is 12.2. The van der Waals surface area contributed by atoms with Gasteiger partial charge in [0, 0.05) is 12.0 Å². The van der Waals surface area contributed by atoms with Gasteiger partial charge in [0.25, 0.3) is 0 Å². The smallest absolute Gasteiger partial charge is 0.230 e. The number of benzene rings is 1. The maximum Gasteiger partial charge on any atom is 0.230 e. The fourth-order valence-electron chi connectivity index (χ4n) is 2.88. The number of amides is 1. The lowest BCUT2D eigenvalue weighted by Gasteiger charge is -2.30. The lowest BCUT2D eigenvalue weighted by Crippen LogP contribution is -2.32. The molecule has 1 fully saturated rings. The van der Waals surface area contributed by atoms with Crippen molar-refractivity contribution in [1.82, 2.24) is 9.55 Å². The van der Waals surface area contributed by atoms with Gasteiger partial charge in [-0.05, 0) is 42.9 Å². The molecule has 0 aliphatic heterocycles. The van der Waals surface area contributed by atoms with E-state index >= 15 is 0 Å². The highest BCUT2D eigenvalue weighted by atomic mass is 16.2. The SMILES string of the molecule is C.C[C@H](C(=O)Nc1nc2ccc(C#N)cc2n1C1CCC1)C(C)(C)C. The quantitative estimate of drug-likeness (QED) is 0.864. The van der Waals surface area contributed by atoms with Crippen molar-refractivity contribution in [3.05, 3.63) is 23.8 Å². The van der Waals surface area contributed by atoms with E-state index in [-0.39, 0.29) is 24.7 Å². The van der Waals surface area contributed by atoms with Crippen molar-refractivity contribution in [2.75, 3.05) is 5.32 Å². The van der Waals surface area contributed by atoms with E-state index in [2.05, 4.69) is 41.7 Å². The van der Waals surface area contributed by atoms with E-state index in [1.165, 1.54) is 6.42 Å². The third-order valence-corrected chi connectivity index (χ3v) is 5.19. The van der Waals surface area contributed by atoms with Crippen LogP contribution in [-0.2, 0) is 4.79 Å². The van der Waals surface area contributed by atoms with Crippen molar-refractivity contribution in [3.8, 4) is 6.07 Å². The number of anilines is 1. The number of rotatable bonds is 3. The summed E-state index contributed by atoms with van der Waals surface area (Å²) < 4.78 is 2.10. The lowest BCUT2D eigenvalue weighted by atomic mass is 9.81. The molecule has 2 aromatic rings. The van der Waals surface area contributed by atoms with Crippen LogP contribution in [-0.4, -0.2) is 15.5 Å². The van der Waals surface area contributed by atoms with Crippen LogP contribution >= 0.6 is 0 Å². The van der Waals surface area contributed by atoms with Crippen molar-refractivity contribution in [2.45, 2.75) is 60.4 Å². The molecule has 0 bridgehead atoms. The van der Waals surface area contributed by atoms with Crippen LogP contribution in [0.2, 0.25) is 0 Å². The van der Waals surface area contributed by atoms with Gasteiger partial charge in [-0.3, -0.25) is 10.1 Å². The van der Waals surface area contributed by atoms with Crippen molar-refractivity contribution >= 4 is 22.9 Å². The van der Waals surface area contributed by atoms with Gasteiger partial charge in [0.1, 0.15) is 0 Å². The Kier molecular flexibility index (Phi) is 5.22. The second kappa shape index (κ2) is 6.87. The second-order valence-corrected chi connectivity index (χ2v) is 7.78. The number of nitrogens with zero attached hydrogens (tertiary/aromatic N) is 3. The molecule has 0 saturated heterocycles. The molecule has 0 unspecified atom stereocenters. The summed E-state index contributed by atoms with van der Waals surface area (Å²) in [7, 11) is 0. The minimum atomic E-state index is -0.123. The number of hydrogen-bond acceptors (Lipinski definition) is 3. The van der Waals surface area contributed by atoms with Crippen molar-refractivity contribution in [2.24, 2.45) is 11.3 Å². The van der Waals surface area contributed by atoms with Crippen molar-refractivity contribution < 1.29 is 4.79 Å². The molecule has 25 heavy (non-hydrogen) atoms. The van der Waals surface area contributed by atoms with Crippen LogP contribution in [0, 0.1) is 22.7 Å². The highest BCUT2D eigenvalue weighted by molar-refractivity contribution is 5.93. The third kappa shape index (κ3) is 3.53. The average molecular weight is 340 g/mol. The second-order valence-electron chi connectivity index (χ2n) is 7.78. The van der Waals surface area contributed by atoms with E-state index in [1.807, 2.05) is 19.1 Å². The van der Waals surface area contributed by atoms with Gasteiger partial charge in [0.2, 0.25) is 11.9 Å². The first-order chi connectivity index (χ1) is 11.3. The molecule has 1 N–H and O–H groups in total. The summed E-state index contributed by atoms with van der Waals surface area (Å²) in [6.07, 6.45) is 3.36. The zero-order valence-electron chi connectivity index (χ0n) is 14.8. The van der Waals surface area contributed by atoms with Gasteiger partial charge in [0.05, 0.1) is 22.7 Å². The first-order valence-corrected chi connectivity index (χ1v) is 8.54. The molecule has 1 aromatic carbocycles. The van der Waals surface area contributed by atoms with Gasteiger partial charge in [0.15, 0.2) is 0 Å². The Morgan fingerprint density at radius 2 is 2.08 bits per heavy atom. The Bertz CT molecular complexity index is 819. The minimum absolute atomic E-state index is 0. The molecule has 1 aliphatic carbocycles. The van der Waals surface area contributed by atoms with E-state index in [0.717, 1.165) is 23.9 Å². The Balaban J connectivity index is 0.00000225. The van der Waals surface area contributed by atoms with Crippen LogP contribution in [0.3, 0.4) is 0 Å². The van der Waals surface area contributed by atoms with Crippen LogP contribution < -0.4 is 5.32 Å². The van der Waals surface area contributed by atoms with E-state index in [0.29, 0.717) is 17.6 Å². The van der Waals surface area contributed by atoms with Gasteiger partial charge < -0.3 is 4.57 Å². The number of carbonyl (C=O) groups excluding carboxylic acids is 1. The molecule has 1 amide bonds. The van der Waals surface area contributed by atoms with Crippen LogP contribution in [0.5, 0.6) is 0 Å². The number of carbonyl (C=O) groups is 1. The van der Waals surface area contributed by atoms with Gasteiger partial charge in [-0.25, -0.2) is 4.98 Å². The molecule has 5 heteroatoms. The van der Waals surface area contributed by atoms with E-state index in [4.69, 9.17) is 5.26 Å². The normalized spacial score (nSPS) is 15.8. The molecule has 3 rings (SSSR count). The van der Waals surface area contributed by atoms with E-state index in [9.17, 15) is 4.79 Å². The fourth-order valence-corrected chi connectivity index (χ4v) is 2.88. The summed E-state index contributed by atoms with van der Waals surface area (Å²) in [5.41, 5.74) is 2.26. The highest BCUT2D eigenvalue weighted by Gasteiger charge is 2.30. The fraction of sp³-hybridized carbons (Fsp3) is 0.550. The monoisotopic (exact) mass is 340 g/mol. The molecular formula is C20H28N4O. The topological polar surface area (TPSA) is 70.7 Å². The van der Waals surface area contributed by atoms with Crippen LogP contribution in [0.15, 0.2) is 18.2 Å². The maximum atomic E-state index is 12.6. The standard InChI is InChI=1S/C19H24N4O.CH4/c1-12(19(2,3)4)17(24)22-18-21-15-9-8-13(11-20)10-16(15)23(18)14-6-5-7-14;/h8-10,12,14H,5-7H2,1-4H3,(H,21,22,24);1H4/t12-;/m1./s1. The Morgan fingerprint density at radius 3 is 2.60 bits per heavy atom. The molecule has 1 aromatic heterocycles. The maximum absolute atomic E-state index is 12.6. The first-order valence-electron chi connectivity index (χ1n) is 8.54. The molecule has 0 radical (unpaired) electrons. The first kappa shape index (κ1) is 19.0. The van der Waals surface area contributed by atoms with Crippen LogP contribution in [0.4, 0.5) is 5.95 Å². The lowest BCUT2D eigenvalue weighted by molar-refractivity contribution is -0.122. The minimum Gasteiger partial charge on any atom is -0.307 e. The number of aromatic nitrogens is 2. The summed E-state index contributed by atoms with van der Waals surface area (Å²) in [5.74, 6) is 0.464. The van der Waals surface area contributed by atoms with Crippen LogP contribution in [0.1, 0.15) is 66.0 Å². The van der Waals surface area contributed by atoms with Gasteiger partial charge in [-0.1, -0.05) is 35.1 Å². The molecule has 134 valence electrons. The van der Waals surface area contributed by atoms with Crippen molar-refractivity contribution in [1.29, 1.82) is 5.26 Å². The largest absolute Gasteiger partial charge is 0.307 e. The molecule has 1 atom stereocenters. The van der Waals surface area contributed by atoms with Gasteiger partial charge >= 0.3 is 0 Å². The summed E-state index contributed by atoms with van der Waals surface area (Å²) in [6, 6.07) is 8.02. The number of hydrogen-bond donors (Lipinski definition) is 1. The Hall–Kier alpha value is -2.35. The predicted octanol–water partition coefficient (Wildman–Crippen LogP) is 4.89. The molecule has 0 spiro atoms. The zero-order chi connectivity index (χ0) is 17.5. The predicted molar refractivity (Wildman–Crippen MR) is 101 cm³/mol. The summed E-state index contributed by atoms with van der Waals surface area (Å²) >= 11 is 0.